The molecule has 1 aliphatic heterocycles. The van der Waals surface area contributed by atoms with Crippen molar-refractivity contribution in [3.8, 4) is 11.5 Å². The lowest BCUT2D eigenvalue weighted by Gasteiger charge is -2.19. The highest BCUT2D eigenvalue weighted by Crippen LogP contribution is 2.40. The van der Waals surface area contributed by atoms with Crippen molar-refractivity contribution in [3.05, 3.63) is 53.7 Å². The number of carbonyl (C=O) groups excluding carboxylic acids is 1. The molecule has 2 aromatic heterocycles. The molecule has 0 unspecified atom stereocenters. The molecule has 160 valence electrons. The third-order valence-corrected chi connectivity index (χ3v) is 6.41. The quantitative estimate of drug-likeness (QED) is 0.460. The fraction of sp³-hybridized carbons (Fsp3) is 0.333. The highest BCUT2D eigenvalue weighted by Gasteiger charge is 2.30. The Hall–Kier alpha value is -3.19. The maximum Gasteiger partial charge on any atom is 0.254 e. The van der Waals surface area contributed by atoms with Crippen molar-refractivity contribution < 1.29 is 13.6 Å². The van der Waals surface area contributed by atoms with Crippen LogP contribution in [0.25, 0.3) is 33.3 Å². The second kappa shape index (κ2) is 7.50. The van der Waals surface area contributed by atoms with E-state index in [9.17, 15) is 4.79 Å². The van der Waals surface area contributed by atoms with Crippen LogP contribution in [0, 0.1) is 5.82 Å². The SMILES string of the molecule is CCN(CC)CCn1c2ccc(-c3ncco3)c(F)c2c2c3c(ccc21)C(=O)N(C)C3. The maximum absolute atomic E-state index is 15.9. The lowest BCUT2D eigenvalue weighted by atomic mass is 10.0. The summed E-state index contributed by atoms with van der Waals surface area (Å²) in [5.74, 6) is -0.128. The number of aromatic nitrogens is 2. The molecule has 0 spiro atoms. The maximum atomic E-state index is 15.9. The third-order valence-electron chi connectivity index (χ3n) is 6.41. The Balaban J connectivity index is 1.80. The molecule has 1 aliphatic rings. The molecule has 1 amide bonds. The Labute approximate surface area is 179 Å². The summed E-state index contributed by atoms with van der Waals surface area (Å²) in [6.45, 7) is 8.30. The van der Waals surface area contributed by atoms with Gasteiger partial charge in [-0.25, -0.2) is 9.37 Å². The number of fused-ring (bicyclic) bond motifs is 5. The predicted octanol–water partition coefficient (Wildman–Crippen LogP) is 4.52. The van der Waals surface area contributed by atoms with Crippen LogP contribution in [-0.2, 0) is 13.1 Å². The minimum atomic E-state index is -0.359. The average Bonchev–Trinajstić information content (AvgIpc) is 3.47. The molecule has 2 aromatic carbocycles. The van der Waals surface area contributed by atoms with Crippen LogP contribution in [0.2, 0.25) is 0 Å². The summed E-state index contributed by atoms with van der Waals surface area (Å²) in [5.41, 5.74) is 3.65. The molecule has 5 rings (SSSR count). The Kier molecular flexibility index (Phi) is 4.78. The molecule has 0 saturated heterocycles. The molecule has 0 fully saturated rings. The van der Waals surface area contributed by atoms with Crippen LogP contribution in [0.5, 0.6) is 0 Å². The van der Waals surface area contributed by atoms with Crippen molar-refractivity contribution in [1.29, 1.82) is 0 Å². The van der Waals surface area contributed by atoms with Gasteiger partial charge >= 0.3 is 0 Å². The smallest absolute Gasteiger partial charge is 0.254 e. The molecule has 0 bridgehead atoms. The van der Waals surface area contributed by atoms with Crippen LogP contribution in [0.4, 0.5) is 4.39 Å². The highest BCUT2D eigenvalue weighted by atomic mass is 19.1. The van der Waals surface area contributed by atoms with Crippen LogP contribution in [0.3, 0.4) is 0 Å². The van der Waals surface area contributed by atoms with Gasteiger partial charge in [-0.1, -0.05) is 13.8 Å². The predicted molar refractivity (Wildman–Crippen MR) is 118 cm³/mol. The summed E-state index contributed by atoms with van der Waals surface area (Å²) in [4.78, 5) is 20.8. The highest BCUT2D eigenvalue weighted by molar-refractivity contribution is 6.15. The number of oxazole rings is 1. The number of halogens is 1. The van der Waals surface area contributed by atoms with Gasteiger partial charge in [0.05, 0.1) is 17.3 Å². The van der Waals surface area contributed by atoms with Crippen molar-refractivity contribution in [2.75, 3.05) is 26.7 Å². The number of benzene rings is 2. The van der Waals surface area contributed by atoms with Gasteiger partial charge in [0.2, 0.25) is 5.89 Å². The van der Waals surface area contributed by atoms with Gasteiger partial charge in [-0.3, -0.25) is 4.79 Å². The monoisotopic (exact) mass is 420 g/mol. The molecule has 7 heteroatoms. The average molecular weight is 420 g/mol. The van der Waals surface area contributed by atoms with E-state index in [1.165, 1.54) is 12.5 Å². The fourth-order valence-corrected chi connectivity index (χ4v) is 4.72. The number of amides is 1. The zero-order valence-electron chi connectivity index (χ0n) is 18.0. The summed E-state index contributed by atoms with van der Waals surface area (Å²) < 4.78 is 23.5. The number of hydrogen-bond donors (Lipinski definition) is 0. The second-order valence-electron chi connectivity index (χ2n) is 7.98. The summed E-state index contributed by atoms with van der Waals surface area (Å²) >= 11 is 0. The van der Waals surface area contributed by atoms with Gasteiger partial charge in [0, 0.05) is 48.5 Å². The molecule has 3 heterocycles. The summed E-state index contributed by atoms with van der Waals surface area (Å²) in [6.07, 6.45) is 2.95. The lowest BCUT2D eigenvalue weighted by molar-refractivity contribution is 0.0816. The van der Waals surface area contributed by atoms with E-state index in [4.69, 9.17) is 4.42 Å². The zero-order valence-corrected chi connectivity index (χ0v) is 18.0. The van der Waals surface area contributed by atoms with E-state index < -0.39 is 0 Å². The van der Waals surface area contributed by atoms with Gasteiger partial charge in [-0.05, 0) is 42.9 Å². The second-order valence-corrected chi connectivity index (χ2v) is 7.98. The molecule has 0 N–H and O–H groups in total. The first-order chi connectivity index (χ1) is 15.0. The molecular formula is C24H25FN4O2. The molecule has 0 radical (unpaired) electrons. The number of hydrogen-bond acceptors (Lipinski definition) is 4. The van der Waals surface area contributed by atoms with Gasteiger partial charge in [0.15, 0.2) is 0 Å². The standard InChI is InChI=1S/C24H25FN4O2/c1-4-28(5-2)11-12-29-18-8-6-15-17(14-27(3)24(15)30)20(18)21-19(29)9-7-16(22(21)25)23-26-10-13-31-23/h6-10,13H,4-5,11-12,14H2,1-3H3. The normalized spacial score (nSPS) is 13.8. The molecule has 0 atom stereocenters. The topological polar surface area (TPSA) is 54.5 Å². The van der Waals surface area contributed by atoms with Crippen LogP contribution in [0.15, 0.2) is 41.1 Å². The van der Waals surface area contributed by atoms with Gasteiger partial charge in [0.1, 0.15) is 12.1 Å². The molecule has 0 aliphatic carbocycles. The van der Waals surface area contributed by atoms with Crippen molar-refractivity contribution >= 4 is 27.7 Å². The van der Waals surface area contributed by atoms with Crippen molar-refractivity contribution in [2.45, 2.75) is 26.9 Å². The van der Waals surface area contributed by atoms with Crippen molar-refractivity contribution in [1.82, 2.24) is 19.4 Å². The van der Waals surface area contributed by atoms with E-state index >= 15 is 4.39 Å². The number of rotatable bonds is 6. The van der Waals surface area contributed by atoms with Crippen LogP contribution < -0.4 is 0 Å². The lowest BCUT2D eigenvalue weighted by Crippen LogP contribution is -2.26. The minimum Gasteiger partial charge on any atom is -0.444 e. The minimum absolute atomic E-state index is 0.0230. The van der Waals surface area contributed by atoms with E-state index in [1.807, 2.05) is 18.2 Å². The van der Waals surface area contributed by atoms with Gasteiger partial charge < -0.3 is 18.8 Å². The first-order valence-electron chi connectivity index (χ1n) is 10.7. The largest absolute Gasteiger partial charge is 0.444 e. The number of carbonyl (C=O) groups is 1. The van der Waals surface area contributed by atoms with E-state index in [1.54, 1.807) is 18.0 Å². The van der Waals surface area contributed by atoms with E-state index in [-0.39, 0.29) is 17.6 Å². The summed E-state index contributed by atoms with van der Waals surface area (Å²) in [5, 5.41) is 1.35. The molecule has 31 heavy (non-hydrogen) atoms. The zero-order chi connectivity index (χ0) is 21.7. The van der Waals surface area contributed by atoms with Gasteiger partial charge in [-0.15, -0.1) is 0 Å². The van der Waals surface area contributed by atoms with Crippen LogP contribution in [0.1, 0.15) is 29.8 Å². The van der Waals surface area contributed by atoms with Crippen LogP contribution in [-0.4, -0.2) is 51.9 Å². The number of nitrogens with zero attached hydrogens (tertiary/aromatic N) is 4. The van der Waals surface area contributed by atoms with Crippen molar-refractivity contribution in [2.24, 2.45) is 0 Å². The number of likely N-dealkylation sites (N-methyl/N-ethyl adjacent to an activating group) is 1. The van der Waals surface area contributed by atoms with Crippen LogP contribution >= 0.6 is 0 Å². The Morgan fingerprint density at radius 3 is 2.48 bits per heavy atom. The van der Waals surface area contributed by atoms with Gasteiger partial charge in [-0.2, -0.15) is 0 Å². The Bertz CT molecular complexity index is 1290. The first-order valence-corrected chi connectivity index (χ1v) is 10.7. The fourth-order valence-electron chi connectivity index (χ4n) is 4.72. The van der Waals surface area contributed by atoms with Crippen molar-refractivity contribution in [3.63, 3.8) is 0 Å². The summed E-state index contributed by atoms with van der Waals surface area (Å²) in [6, 6.07) is 7.50. The Morgan fingerprint density at radius 1 is 1.10 bits per heavy atom. The molecule has 4 aromatic rings. The Morgan fingerprint density at radius 2 is 1.81 bits per heavy atom. The molecular weight excluding hydrogens is 395 g/mol. The molecule has 6 nitrogen and oxygen atoms in total. The van der Waals surface area contributed by atoms with E-state index in [0.29, 0.717) is 23.1 Å². The van der Waals surface area contributed by atoms with Gasteiger partial charge in [0.25, 0.3) is 5.91 Å². The summed E-state index contributed by atoms with van der Waals surface area (Å²) in [7, 11) is 1.78. The molecule has 0 saturated carbocycles. The van der Waals surface area contributed by atoms with E-state index in [0.717, 1.165) is 48.2 Å². The van der Waals surface area contributed by atoms with E-state index in [2.05, 4.69) is 28.3 Å². The first kappa shape index (κ1) is 19.8. The third kappa shape index (κ3) is 2.95.